The number of sulfonamides is 1. The molecule has 0 aliphatic carbocycles. The summed E-state index contributed by atoms with van der Waals surface area (Å²) < 4.78 is 34.8. The molecule has 0 radical (unpaired) electrons. The Hall–Kier alpha value is -5.02. The summed E-state index contributed by atoms with van der Waals surface area (Å²) in [7, 11) is -2.68. The first-order valence-electron chi connectivity index (χ1n) is 15.4. The molecule has 0 fully saturated rings. The summed E-state index contributed by atoms with van der Waals surface area (Å²) in [4.78, 5) is 22.4. The van der Waals surface area contributed by atoms with Crippen LogP contribution in [-0.2, 0) is 32.4 Å². The molecule has 0 saturated heterocycles. The Bertz CT molecular complexity index is 2030. The zero-order valence-corrected chi connectivity index (χ0v) is 27.6. The Balaban J connectivity index is 1.42. The smallest absolute Gasteiger partial charge is 0.339 e. The van der Waals surface area contributed by atoms with E-state index in [9.17, 15) is 18.3 Å². The summed E-state index contributed by atoms with van der Waals surface area (Å²) in [5.41, 5.74) is 1.66. The third kappa shape index (κ3) is 6.23. The molecule has 1 aliphatic heterocycles. The van der Waals surface area contributed by atoms with E-state index in [2.05, 4.69) is 9.97 Å². The molecule has 47 heavy (non-hydrogen) atoms. The number of carbonyl (C=O) groups is 1. The van der Waals surface area contributed by atoms with Crippen LogP contribution in [0.25, 0.3) is 10.9 Å². The van der Waals surface area contributed by atoms with Crippen LogP contribution in [0.5, 0.6) is 0 Å². The van der Waals surface area contributed by atoms with Crippen molar-refractivity contribution < 1.29 is 23.1 Å². The maximum atomic E-state index is 13.9. The molecule has 8 nitrogen and oxygen atoms in total. The topological polar surface area (TPSA) is 110 Å². The molecule has 4 aromatic carbocycles. The van der Waals surface area contributed by atoms with Gasteiger partial charge in [-0.1, -0.05) is 112 Å². The largest absolute Gasteiger partial charge is 0.507 e. The number of nitrogens with zero attached hydrogens (tertiary/aromatic N) is 3. The maximum absolute atomic E-state index is 13.9. The molecule has 0 saturated carbocycles. The van der Waals surface area contributed by atoms with Gasteiger partial charge in [-0.2, -0.15) is 8.42 Å². The summed E-state index contributed by atoms with van der Waals surface area (Å²) in [6.45, 7) is 5.95. The van der Waals surface area contributed by atoms with E-state index in [-0.39, 0.29) is 29.3 Å². The lowest BCUT2D eigenvalue weighted by molar-refractivity contribution is -0.148. The fraction of sp³-hybridized carbons (Fsp3) is 0.237. The number of esters is 1. The first kappa shape index (κ1) is 31.9. The molecule has 1 N–H and O–H groups in total. The summed E-state index contributed by atoms with van der Waals surface area (Å²) in [5, 5.41) is 12.6. The number of aromatic nitrogens is 2. The Morgan fingerprint density at radius 1 is 0.851 bits per heavy atom. The van der Waals surface area contributed by atoms with E-state index in [0.717, 1.165) is 20.8 Å². The number of ether oxygens (including phenoxy) is 1. The van der Waals surface area contributed by atoms with Gasteiger partial charge in [-0.25, -0.2) is 14.8 Å². The number of hydrogen-bond donors (Lipinski definition) is 1. The highest BCUT2D eigenvalue weighted by molar-refractivity contribution is 7.92. The molecule has 1 aliphatic rings. The molecule has 1 aromatic heterocycles. The Labute approximate surface area is 275 Å². The molecule has 240 valence electrons. The molecular formula is C38H37N3O5S. The van der Waals surface area contributed by atoms with E-state index in [1.807, 2.05) is 99.6 Å². The van der Waals surface area contributed by atoms with Crippen molar-refractivity contribution in [3.8, 4) is 0 Å². The monoisotopic (exact) mass is 647 g/mol. The standard InChI is InChI=1S/C38H37N3O5S/c1-37(2,3)33(28-19-13-20-30(22-28)41(4)47(44,45)36-39-25-29-18-11-12-21-31(29)40-36)32-34(42)38(46-35(32)43,23-26-14-7-5-8-15-26)24-27-16-9-6-10-17-27/h5-22,25,33,42H,23-24H2,1-4H3. The Morgan fingerprint density at radius 3 is 2.06 bits per heavy atom. The number of rotatable bonds is 9. The van der Waals surface area contributed by atoms with Crippen molar-refractivity contribution in [2.45, 2.75) is 50.3 Å². The summed E-state index contributed by atoms with van der Waals surface area (Å²) in [6, 6.07) is 33.5. The van der Waals surface area contributed by atoms with Gasteiger partial charge in [0.2, 0.25) is 0 Å². The van der Waals surface area contributed by atoms with Crippen LogP contribution in [0.1, 0.15) is 43.4 Å². The third-order valence-corrected chi connectivity index (χ3v) is 10.2. The Morgan fingerprint density at radius 2 is 1.45 bits per heavy atom. The van der Waals surface area contributed by atoms with Crippen molar-refractivity contribution in [2.24, 2.45) is 5.41 Å². The average Bonchev–Trinajstić information content (AvgIpc) is 3.28. The van der Waals surface area contributed by atoms with Gasteiger partial charge in [-0.3, -0.25) is 4.31 Å². The van der Waals surface area contributed by atoms with Gasteiger partial charge in [-0.15, -0.1) is 0 Å². The van der Waals surface area contributed by atoms with Crippen molar-refractivity contribution >= 4 is 32.6 Å². The molecule has 0 amide bonds. The number of cyclic esters (lactones) is 1. The summed E-state index contributed by atoms with van der Waals surface area (Å²) in [5.74, 6) is -1.33. The molecule has 6 rings (SSSR count). The van der Waals surface area contributed by atoms with Crippen LogP contribution < -0.4 is 4.31 Å². The molecule has 0 spiro atoms. The number of benzene rings is 4. The first-order chi connectivity index (χ1) is 22.4. The average molecular weight is 648 g/mol. The predicted octanol–water partition coefficient (Wildman–Crippen LogP) is 7.18. The van der Waals surface area contributed by atoms with Crippen LogP contribution >= 0.6 is 0 Å². The van der Waals surface area contributed by atoms with Crippen LogP contribution in [0.4, 0.5) is 5.69 Å². The van der Waals surface area contributed by atoms with Gasteiger partial charge in [0.1, 0.15) is 5.76 Å². The summed E-state index contributed by atoms with van der Waals surface area (Å²) >= 11 is 0. The first-order valence-corrected chi connectivity index (χ1v) is 16.9. The van der Waals surface area contributed by atoms with Gasteiger partial charge in [0.05, 0.1) is 16.8 Å². The van der Waals surface area contributed by atoms with Crippen LogP contribution in [-0.4, -0.2) is 42.1 Å². The van der Waals surface area contributed by atoms with Crippen molar-refractivity contribution in [2.75, 3.05) is 11.4 Å². The number of hydrogen-bond acceptors (Lipinski definition) is 7. The normalized spacial score (nSPS) is 15.4. The number of aliphatic hydroxyl groups excluding tert-OH is 1. The maximum Gasteiger partial charge on any atom is 0.339 e. The minimum Gasteiger partial charge on any atom is -0.507 e. The molecule has 1 unspecified atom stereocenters. The zero-order chi connectivity index (χ0) is 33.4. The second-order valence-corrected chi connectivity index (χ2v) is 14.9. The Kier molecular flexibility index (Phi) is 8.36. The number of anilines is 1. The molecule has 5 aromatic rings. The van der Waals surface area contributed by atoms with Crippen LogP contribution in [0.15, 0.2) is 132 Å². The van der Waals surface area contributed by atoms with Crippen LogP contribution in [0.3, 0.4) is 0 Å². The van der Waals surface area contributed by atoms with Crippen molar-refractivity contribution in [3.63, 3.8) is 0 Å². The second-order valence-electron chi connectivity index (χ2n) is 13.0. The number of para-hydroxylation sites is 1. The van der Waals surface area contributed by atoms with E-state index in [1.165, 1.54) is 13.2 Å². The number of carbonyl (C=O) groups excluding carboxylic acids is 1. The van der Waals surface area contributed by atoms with E-state index in [0.29, 0.717) is 16.8 Å². The van der Waals surface area contributed by atoms with E-state index in [4.69, 9.17) is 4.74 Å². The summed E-state index contributed by atoms with van der Waals surface area (Å²) in [6.07, 6.45) is 2.06. The lowest BCUT2D eigenvalue weighted by Gasteiger charge is -2.32. The zero-order valence-electron chi connectivity index (χ0n) is 26.8. The number of aliphatic hydroxyl groups is 1. The quantitative estimate of drug-likeness (QED) is 0.133. The lowest BCUT2D eigenvalue weighted by Crippen LogP contribution is -2.37. The highest BCUT2D eigenvalue weighted by Crippen LogP contribution is 2.49. The molecular weight excluding hydrogens is 611 g/mol. The minimum absolute atomic E-state index is 0.105. The van der Waals surface area contributed by atoms with E-state index >= 15 is 0 Å². The van der Waals surface area contributed by atoms with Gasteiger partial charge in [0, 0.05) is 37.4 Å². The van der Waals surface area contributed by atoms with Gasteiger partial charge in [0.15, 0.2) is 5.60 Å². The van der Waals surface area contributed by atoms with Crippen LogP contribution in [0.2, 0.25) is 0 Å². The van der Waals surface area contributed by atoms with Crippen molar-refractivity contribution in [3.05, 3.63) is 143 Å². The SMILES string of the molecule is CN(c1cccc(C(C2=C(O)C(Cc3ccccc3)(Cc3ccccc3)OC2=O)C(C)(C)C)c1)S(=O)(=O)c1ncc2ccccc2n1. The van der Waals surface area contributed by atoms with E-state index in [1.54, 1.807) is 30.3 Å². The molecule has 9 heteroatoms. The van der Waals surface area contributed by atoms with Gasteiger partial charge in [-0.05, 0) is 40.3 Å². The van der Waals surface area contributed by atoms with E-state index < -0.39 is 32.9 Å². The second kappa shape index (κ2) is 12.3. The van der Waals surface area contributed by atoms with Gasteiger partial charge < -0.3 is 9.84 Å². The fourth-order valence-electron chi connectivity index (χ4n) is 6.37. The van der Waals surface area contributed by atoms with Crippen LogP contribution in [0, 0.1) is 5.41 Å². The predicted molar refractivity (Wildman–Crippen MR) is 183 cm³/mol. The molecule has 1 atom stereocenters. The number of fused-ring (bicyclic) bond motifs is 1. The molecule has 0 bridgehead atoms. The van der Waals surface area contributed by atoms with Gasteiger partial charge >= 0.3 is 5.97 Å². The molecule has 2 heterocycles. The highest BCUT2D eigenvalue weighted by Gasteiger charge is 2.52. The highest BCUT2D eigenvalue weighted by atomic mass is 32.2. The van der Waals surface area contributed by atoms with Gasteiger partial charge in [0.25, 0.3) is 15.2 Å². The third-order valence-electron chi connectivity index (χ3n) is 8.64. The van der Waals surface area contributed by atoms with Crippen molar-refractivity contribution in [1.82, 2.24) is 9.97 Å². The minimum atomic E-state index is -4.13. The van der Waals surface area contributed by atoms with Crippen molar-refractivity contribution in [1.29, 1.82) is 0 Å². The fourth-order valence-corrected chi connectivity index (χ4v) is 7.41. The lowest BCUT2D eigenvalue weighted by atomic mass is 9.71.